The molecule has 0 aliphatic heterocycles. The molecule has 0 bridgehead atoms. The van der Waals surface area contributed by atoms with Gasteiger partial charge in [0.25, 0.3) is 5.91 Å². The molecule has 0 fully saturated rings. The van der Waals surface area contributed by atoms with Crippen LogP contribution in [0.2, 0.25) is 0 Å². The Morgan fingerprint density at radius 2 is 1.73 bits per heavy atom. The summed E-state index contributed by atoms with van der Waals surface area (Å²) in [5.74, 6) is -0.505. The number of nitriles is 1. The number of hydrogen-bond acceptors (Lipinski definition) is 5. The van der Waals surface area contributed by atoms with Gasteiger partial charge in [0, 0.05) is 34.1 Å². The Morgan fingerprint density at radius 3 is 2.21 bits per heavy atom. The van der Waals surface area contributed by atoms with E-state index in [2.05, 4.69) is 11.1 Å². The number of Topliss-reactive ketones (excluding diaryl/α,β-unsaturated/α-hetero) is 1. The summed E-state index contributed by atoms with van der Waals surface area (Å²) in [6, 6.07) is 13.2. The standard InChI is InChI=1S/C27H27N3O3/c1-15-20(18-9-7-17(8-10-18)16(2)31)11-19(14-30-15)24-22(13-28)25(33-6)21(26(29)32)12-23(24)27(3,4)5/h7-12,14H,1-6H3,(H2,29,32). The summed E-state index contributed by atoms with van der Waals surface area (Å²) in [5, 5.41) is 10.1. The molecule has 0 spiro atoms. The Bertz CT molecular complexity index is 1290. The first-order valence-corrected chi connectivity index (χ1v) is 10.5. The molecule has 1 amide bonds. The van der Waals surface area contributed by atoms with Gasteiger partial charge < -0.3 is 10.5 Å². The highest BCUT2D eigenvalue weighted by atomic mass is 16.5. The van der Waals surface area contributed by atoms with Crippen LogP contribution in [0.5, 0.6) is 5.75 Å². The monoisotopic (exact) mass is 441 g/mol. The molecular formula is C27H27N3O3. The molecule has 0 aliphatic rings. The molecule has 1 aromatic heterocycles. The second kappa shape index (κ2) is 8.87. The van der Waals surface area contributed by atoms with Crippen molar-refractivity contribution in [1.29, 1.82) is 5.26 Å². The number of benzene rings is 2. The van der Waals surface area contributed by atoms with Crippen LogP contribution in [0, 0.1) is 18.3 Å². The molecule has 3 rings (SSSR count). The number of carbonyl (C=O) groups excluding carboxylic acids is 2. The van der Waals surface area contributed by atoms with Gasteiger partial charge >= 0.3 is 0 Å². The Balaban J connectivity index is 2.35. The van der Waals surface area contributed by atoms with E-state index < -0.39 is 11.3 Å². The second-order valence-electron chi connectivity index (χ2n) is 8.97. The summed E-state index contributed by atoms with van der Waals surface area (Å²) in [7, 11) is 1.42. The topological polar surface area (TPSA) is 106 Å². The van der Waals surface area contributed by atoms with Gasteiger partial charge in [0.15, 0.2) is 5.78 Å². The Morgan fingerprint density at radius 1 is 1.09 bits per heavy atom. The molecule has 0 atom stereocenters. The van der Waals surface area contributed by atoms with Crippen molar-refractivity contribution in [2.75, 3.05) is 7.11 Å². The summed E-state index contributed by atoms with van der Waals surface area (Å²) in [6.45, 7) is 9.46. The lowest BCUT2D eigenvalue weighted by molar-refractivity contribution is 0.0993. The number of ether oxygens (including phenoxy) is 1. The fourth-order valence-corrected chi connectivity index (χ4v) is 3.90. The minimum Gasteiger partial charge on any atom is -0.495 e. The minimum absolute atomic E-state index is 0.000245. The molecule has 2 N–H and O–H groups in total. The van der Waals surface area contributed by atoms with E-state index in [9.17, 15) is 14.9 Å². The number of methoxy groups -OCH3 is 1. The Hall–Kier alpha value is -3.98. The van der Waals surface area contributed by atoms with Crippen molar-refractivity contribution < 1.29 is 14.3 Å². The number of rotatable bonds is 5. The quantitative estimate of drug-likeness (QED) is 0.548. The predicted octanol–water partition coefficient (Wildman–Crippen LogP) is 5.20. The van der Waals surface area contributed by atoms with Crippen molar-refractivity contribution in [1.82, 2.24) is 4.98 Å². The first kappa shape index (κ1) is 23.7. The number of amides is 1. The van der Waals surface area contributed by atoms with Gasteiger partial charge in [0.1, 0.15) is 17.4 Å². The highest BCUT2D eigenvalue weighted by Gasteiger charge is 2.28. The number of aromatic nitrogens is 1. The van der Waals surface area contributed by atoms with Crippen molar-refractivity contribution in [2.45, 2.75) is 40.0 Å². The van der Waals surface area contributed by atoms with Crippen LogP contribution in [-0.2, 0) is 5.41 Å². The van der Waals surface area contributed by atoms with Crippen LogP contribution in [-0.4, -0.2) is 23.8 Å². The molecular weight excluding hydrogens is 414 g/mol. The zero-order valence-electron chi connectivity index (χ0n) is 19.7. The van der Waals surface area contributed by atoms with E-state index in [1.165, 1.54) is 14.0 Å². The summed E-state index contributed by atoms with van der Waals surface area (Å²) >= 11 is 0. The third kappa shape index (κ3) is 4.49. The normalized spacial score (nSPS) is 11.1. The number of carbonyl (C=O) groups is 2. The van der Waals surface area contributed by atoms with Crippen molar-refractivity contribution in [3.63, 3.8) is 0 Å². The number of primary amides is 1. The molecule has 6 nitrogen and oxygen atoms in total. The number of ketones is 1. The Labute approximate surface area is 194 Å². The maximum atomic E-state index is 12.1. The molecule has 3 aromatic rings. The predicted molar refractivity (Wildman–Crippen MR) is 128 cm³/mol. The van der Waals surface area contributed by atoms with Gasteiger partial charge in [-0.1, -0.05) is 45.0 Å². The summed E-state index contributed by atoms with van der Waals surface area (Å²) in [4.78, 5) is 28.4. The minimum atomic E-state index is -0.659. The van der Waals surface area contributed by atoms with Gasteiger partial charge in [0.2, 0.25) is 0 Å². The van der Waals surface area contributed by atoms with Crippen LogP contribution in [0.4, 0.5) is 0 Å². The van der Waals surface area contributed by atoms with E-state index in [-0.39, 0.29) is 22.7 Å². The summed E-state index contributed by atoms with van der Waals surface area (Å²) in [5.41, 5.74) is 11.0. The molecule has 0 saturated carbocycles. The lowest BCUT2D eigenvalue weighted by Crippen LogP contribution is -2.19. The molecule has 0 radical (unpaired) electrons. The third-order valence-electron chi connectivity index (χ3n) is 5.65. The van der Waals surface area contributed by atoms with Crippen LogP contribution in [0.15, 0.2) is 42.6 Å². The first-order chi connectivity index (χ1) is 15.5. The number of aryl methyl sites for hydroxylation is 1. The Kier molecular flexibility index (Phi) is 6.37. The van der Waals surface area contributed by atoms with Crippen LogP contribution < -0.4 is 10.5 Å². The smallest absolute Gasteiger partial charge is 0.252 e. The SMILES string of the molecule is COc1c(C(N)=O)cc(C(C)(C)C)c(-c2cnc(C)c(-c3ccc(C(C)=O)cc3)c2)c1C#N. The van der Waals surface area contributed by atoms with Crippen LogP contribution in [0.3, 0.4) is 0 Å². The van der Waals surface area contributed by atoms with E-state index in [1.54, 1.807) is 24.4 Å². The van der Waals surface area contributed by atoms with E-state index in [0.717, 1.165) is 27.9 Å². The van der Waals surface area contributed by atoms with Crippen LogP contribution >= 0.6 is 0 Å². The van der Waals surface area contributed by atoms with Gasteiger partial charge in [0.05, 0.1) is 12.7 Å². The van der Waals surface area contributed by atoms with E-state index in [4.69, 9.17) is 10.5 Å². The van der Waals surface area contributed by atoms with Gasteiger partial charge in [-0.25, -0.2) is 0 Å². The van der Waals surface area contributed by atoms with Gasteiger partial charge in [-0.05, 0) is 42.5 Å². The fraction of sp³-hybridized carbons (Fsp3) is 0.259. The molecule has 0 aliphatic carbocycles. The first-order valence-electron chi connectivity index (χ1n) is 10.5. The number of pyridine rings is 1. The van der Waals surface area contributed by atoms with Gasteiger partial charge in [-0.3, -0.25) is 14.6 Å². The number of nitrogens with two attached hydrogens (primary N) is 1. The zero-order valence-corrected chi connectivity index (χ0v) is 19.7. The van der Waals surface area contributed by atoms with E-state index >= 15 is 0 Å². The highest BCUT2D eigenvalue weighted by Crippen LogP contribution is 2.42. The second-order valence-corrected chi connectivity index (χ2v) is 8.97. The molecule has 0 unspecified atom stereocenters. The average molecular weight is 442 g/mol. The van der Waals surface area contributed by atoms with Gasteiger partial charge in [-0.15, -0.1) is 0 Å². The van der Waals surface area contributed by atoms with Crippen LogP contribution in [0.25, 0.3) is 22.3 Å². The summed E-state index contributed by atoms with van der Waals surface area (Å²) in [6.07, 6.45) is 1.72. The molecule has 0 saturated heterocycles. The maximum absolute atomic E-state index is 12.1. The fourth-order valence-electron chi connectivity index (χ4n) is 3.90. The van der Waals surface area contributed by atoms with Crippen molar-refractivity contribution in [2.24, 2.45) is 5.73 Å². The van der Waals surface area contributed by atoms with E-state index in [0.29, 0.717) is 11.1 Å². The van der Waals surface area contributed by atoms with Crippen molar-refractivity contribution >= 4 is 11.7 Å². The average Bonchev–Trinajstić information content (AvgIpc) is 2.77. The zero-order chi connectivity index (χ0) is 24.5. The molecule has 168 valence electrons. The molecule has 6 heteroatoms. The molecule has 1 heterocycles. The van der Waals surface area contributed by atoms with E-state index in [1.807, 2.05) is 45.9 Å². The number of hydrogen-bond donors (Lipinski definition) is 1. The lowest BCUT2D eigenvalue weighted by atomic mass is 9.78. The van der Waals surface area contributed by atoms with Crippen LogP contribution in [0.1, 0.15) is 65.2 Å². The summed E-state index contributed by atoms with van der Waals surface area (Å²) < 4.78 is 5.46. The molecule has 2 aromatic carbocycles. The van der Waals surface area contributed by atoms with Crippen molar-refractivity contribution in [3.8, 4) is 34.1 Å². The molecule has 33 heavy (non-hydrogen) atoms. The van der Waals surface area contributed by atoms with Crippen molar-refractivity contribution in [3.05, 3.63) is 70.5 Å². The largest absolute Gasteiger partial charge is 0.495 e. The highest BCUT2D eigenvalue weighted by molar-refractivity contribution is 5.99. The van der Waals surface area contributed by atoms with Gasteiger partial charge in [-0.2, -0.15) is 5.26 Å². The maximum Gasteiger partial charge on any atom is 0.252 e. The third-order valence-corrected chi connectivity index (χ3v) is 5.65. The number of nitrogens with zero attached hydrogens (tertiary/aromatic N) is 2. The lowest BCUT2D eigenvalue weighted by Gasteiger charge is -2.26.